The zero-order chi connectivity index (χ0) is 12.4. The van der Waals surface area contributed by atoms with Gasteiger partial charge in [0.1, 0.15) is 5.75 Å². The van der Waals surface area contributed by atoms with Gasteiger partial charge in [-0.05, 0) is 25.1 Å². The van der Waals surface area contributed by atoms with Crippen LogP contribution in [0.1, 0.15) is 22.2 Å². The fraction of sp³-hybridized carbons (Fsp3) is 0.250. The Morgan fingerprint density at radius 1 is 1.47 bits per heavy atom. The zero-order valence-corrected chi connectivity index (χ0v) is 11.2. The summed E-state index contributed by atoms with van der Waals surface area (Å²) in [7, 11) is 1.62. The number of hydrogen-bond donors (Lipinski definition) is 1. The highest BCUT2D eigenvalue weighted by atomic mass is 35.5. The lowest BCUT2D eigenvalue weighted by Gasteiger charge is -2.15. The highest BCUT2D eigenvalue weighted by Gasteiger charge is 2.18. The lowest BCUT2D eigenvalue weighted by Crippen LogP contribution is -2.12. The van der Waals surface area contributed by atoms with E-state index >= 15 is 0 Å². The lowest BCUT2D eigenvalue weighted by atomic mass is 10.0. The first kappa shape index (κ1) is 12.4. The smallest absolute Gasteiger partial charge is 0.124 e. The molecule has 0 fully saturated rings. The molecule has 0 radical (unpaired) electrons. The number of halogens is 1. The standard InChI is InChI=1S/C12H13ClN2OS/c1-7-12(17-6-15-7)11(14)9-5-8(13)3-4-10(9)16-2/h3-6,11H,14H2,1-2H3. The maximum absolute atomic E-state index is 6.24. The number of benzene rings is 1. The van der Waals surface area contributed by atoms with Gasteiger partial charge < -0.3 is 10.5 Å². The Morgan fingerprint density at radius 3 is 2.82 bits per heavy atom. The quantitative estimate of drug-likeness (QED) is 0.930. The van der Waals surface area contributed by atoms with E-state index in [9.17, 15) is 0 Å². The zero-order valence-electron chi connectivity index (χ0n) is 9.61. The van der Waals surface area contributed by atoms with E-state index in [4.69, 9.17) is 22.1 Å². The predicted molar refractivity (Wildman–Crippen MR) is 70.9 cm³/mol. The molecular formula is C12H13ClN2OS. The van der Waals surface area contributed by atoms with Crippen LogP contribution < -0.4 is 10.5 Å². The van der Waals surface area contributed by atoms with Crippen molar-refractivity contribution in [3.05, 3.63) is 44.9 Å². The van der Waals surface area contributed by atoms with E-state index in [1.807, 2.05) is 19.1 Å². The number of rotatable bonds is 3. The van der Waals surface area contributed by atoms with Gasteiger partial charge in [-0.3, -0.25) is 0 Å². The molecule has 1 atom stereocenters. The van der Waals surface area contributed by atoms with Crippen molar-refractivity contribution >= 4 is 22.9 Å². The van der Waals surface area contributed by atoms with E-state index in [1.165, 1.54) is 0 Å². The van der Waals surface area contributed by atoms with Crippen molar-refractivity contribution in [2.24, 2.45) is 5.73 Å². The van der Waals surface area contributed by atoms with Crippen molar-refractivity contribution < 1.29 is 4.74 Å². The van der Waals surface area contributed by atoms with E-state index in [0.717, 1.165) is 21.9 Å². The summed E-state index contributed by atoms with van der Waals surface area (Å²) in [5.74, 6) is 0.745. The fourth-order valence-corrected chi connectivity index (χ4v) is 2.70. The SMILES string of the molecule is COc1ccc(Cl)cc1C(N)c1scnc1C. The second kappa shape index (κ2) is 5.04. The summed E-state index contributed by atoms with van der Waals surface area (Å²) in [6, 6.07) is 5.20. The van der Waals surface area contributed by atoms with E-state index in [1.54, 1.807) is 30.0 Å². The van der Waals surface area contributed by atoms with Crippen molar-refractivity contribution in [1.82, 2.24) is 4.98 Å². The summed E-state index contributed by atoms with van der Waals surface area (Å²) in [4.78, 5) is 5.24. The van der Waals surface area contributed by atoms with Crippen LogP contribution in [0.2, 0.25) is 5.02 Å². The molecule has 2 rings (SSSR count). The van der Waals surface area contributed by atoms with Crippen molar-refractivity contribution in [2.75, 3.05) is 7.11 Å². The van der Waals surface area contributed by atoms with Crippen LogP contribution in [-0.4, -0.2) is 12.1 Å². The predicted octanol–water partition coefficient (Wildman–Crippen LogP) is 3.16. The van der Waals surface area contributed by atoms with Crippen molar-refractivity contribution in [3.63, 3.8) is 0 Å². The largest absolute Gasteiger partial charge is 0.496 e. The molecule has 1 aromatic heterocycles. The summed E-state index contributed by atoms with van der Waals surface area (Å²) in [6.07, 6.45) is 0. The molecule has 0 spiro atoms. The summed E-state index contributed by atoms with van der Waals surface area (Å²) < 4.78 is 5.30. The average molecular weight is 269 g/mol. The van der Waals surface area contributed by atoms with E-state index in [0.29, 0.717) is 5.02 Å². The number of nitrogens with two attached hydrogens (primary N) is 1. The second-order valence-electron chi connectivity index (χ2n) is 3.67. The van der Waals surface area contributed by atoms with Crippen LogP contribution in [0.4, 0.5) is 0 Å². The third kappa shape index (κ3) is 2.44. The Morgan fingerprint density at radius 2 is 2.24 bits per heavy atom. The molecule has 5 heteroatoms. The third-order valence-corrected chi connectivity index (χ3v) is 3.84. The van der Waals surface area contributed by atoms with Gasteiger partial charge in [0.05, 0.1) is 24.4 Å². The number of thiazole rings is 1. The van der Waals surface area contributed by atoms with Crippen molar-refractivity contribution in [2.45, 2.75) is 13.0 Å². The van der Waals surface area contributed by atoms with Gasteiger partial charge in [-0.15, -0.1) is 11.3 Å². The minimum atomic E-state index is -0.254. The van der Waals surface area contributed by atoms with Crippen LogP contribution in [0.25, 0.3) is 0 Å². The molecule has 3 nitrogen and oxygen atoms in total. The first-order valence-corrected chi connectivity index (χ1v) is 6.38. The summed E-state index contributed by atoms with van der Waals surface area (Å²) in [5, 5.41) is 0.651. The maximum atomic E-state index is 6.24. The van der Waals surface area contributed by atoms with E-state index < -0.39 is 0 Å². The number of ether oxygens (including phenoxy) is 1. The van der Waals surface area contributed by atoms with E-state index in [2.05, 4.69) is 4.98 Å². The molecule has 2 N–H and O–H groups in total. The minimum absolute atomic E-state index is 0.254. The molecule has 0 aliphatic rings. The van der Waals surface area contributed by atoms with E-state index in [-0.39, 0.29) is 6.04 Å². The summed E-state index contributed by atoms with van der Waals surface area (Å²) in [5.41, 5.74) is 9.86. The van der Waals surface area contributed by atoms with Crippen LogP contribution >= 0.6 is 22.9 Å². The Balaban J connectivity index is 2.46. The van der Waals surface area contributed by atoms with Gasteiger partial charge in [0.2, 0.25) is 0 Å². The van der Waals surface area contributed by atoms with Gasteiger partial charge in [-0.1, -0.05) is 11.6 Å². The number of nitrogens with zero attached hydrogens (tertiary/aromatic N) is 1. The molecule has 1 aromatic carbocycles. The molecular weight excluding hydrogens is 256 g/mol. The highest BCUT2D eigenvalue weighted by molar-refractivity contribution is 7.09. The second-order valence-corrected chi connectivity index (χ2v) is 4.99. The number of hydrogen-bond acceptors (Lipinski definition) is 4. The topological polar surface area (TPSA) is 48.1 Å². The van der Waals surface area contributed by atoms with Gasteiger partial charge in [0.25, 0.3) is 0 Å². The van der Waals surface area contributed by atoms with Crippen LogP contribution in [0.3, 0.4) is 0 Å². The Labute approximate surface area is 109 Å². The molecule has 0 saturated heterocycles. The third-order valence-electron chi connectivity index (χ3n) is 2.59. The number of methoxy groups -OCH3 is 1. The summed E-state index contributed by atoms with van der Waals surface area (Å²) >= 11 is 7.54. The first-order chi connectivity index (χ1) is 8.13. The number of aryl methyl sites for hydroxylation is 1. The normalized spacial score (nSPS) is 12.5. The molecule has 1 unspecified atom stereocenters. The van der Waals surface area contributed by atoms with Gasteiger partial charge in [-0.25, -0.2) is 4.98 Å². The van der Waals surface area contributed by atoms with Crippen LogP contribution in [0.5, 0.6) is 5.75 Å². The van der Waals surface area contributed by atoms with Gasteiger partial charge in [0, 0.05) is 15.5 Å². The molecule has 90 valence electrons. The molecule has 0 bridgehead atoms. The van der Waals surface area contributed by atoms with Gasteiger partial charge in [0.15, 0.2) is 0 Å². The first-order valence-electron chi connectivity index (χ1n) is 5.12. The number of aromatic nitrogens is 1. The Hall–Kier alpha value is -1.10. The highest BCUT2D eigenvalue weighted by Crippen LogP contribution is 2.33. The monoisotopic (exact) mass is 268 g/mol. The molecule has 0 amide bonds. The van der Waals surface area contributed by atoms with Crippen LogP contribution in [0.15, 0.2) is 23.7 Å². The molecule has 1 heterocycles. The van der Waals surface area contributed by atoms with Crippen LogP contribution in [0, 0.1) is 6.92 Å². The average Bonchev–Trinajstić information content (AvgIpc) is 2.74. The van der Waals surface area contributed by atoms with Crippen molar-refractivity contribution in [1.29, 1.82) is 0 Å². The van der Waals surface area contributed by atoms with Crippen LogP contribution in [-0.2, 0) is 0 Å². The van der Waals surface area contributed by atoms with Gasteiger partial charge >= 0.3 is 0 Å². The molecule has 0 saturated carbocycles. The van der Waals surface area contributed by atoms with Crippen molar-refractivity contribution in [3.8, 4) is 5.75 Å². The van der Waals surface area contributed by atoms with Gasteiger partial charge in [-0.2, -0.15) is 0 Å². The Bertz CT molecular complexity index is 527. The molecule has 17 heavy (non-hydrogen) atoms. The molecule has 2 aromatic rings. The lowest BCUT2D eigenvalue weighted by molar-refractivity contribution is 0.408. The maximum Gasteiger partial charge on any atom is 0.124 e. The molecule has 0 aliphatic heterocycles. The summed E-state index contributed by atoms with van der Waals surface area (Å²) in [6.45, 7) is 1.95. The Kier molecular flexibility index (Phi) is 3.66. The molecule has 0 aliphatic carbocycles. The minimum Gasteiger partial charge on any atom is -0.496 e. The fourth-order valence-electron chi connectivity index (χ4n) is 1.70.